The average molecular weight is 405 g/mol. The molecule has 0 unspecified atom stereocenters. The molecular weight excluding hydrogens is 378 g/mol. The second kappa shape index (κ2) is 7.15. The molecule has 1 N–H and O–H groups in total. The number of fused-ring (bicyclic) bond motifs is 1. The predicted molar refractivity (Wildman–Crippen MR) is 113 cm³/mol. The van der Waals surface area contributed by atoms with Crippen LogP contribution in [-0.4, -0.2) is 18.0 Å². The number of rotatable bonds is 5. The Morgan fingerprint density at radius 1 is 1.13 bits per heavy atom. The van der Waals surface area contributed by atoms with Crippen LogP contribution in [0.25, 0.3) is 0 Å². The first kappa shape index (κ1) is 19.2. The molecule has 5 atom stereocenters. The van der Waals surface area contributed by atoms with Gasteiger partial charge in [-0.25, -0.2) is 0 Å². The SMILES string of the molecule is Cc1ccc(C(C)C)c(Oc2ccc(NC(=O)[C@@H]3[C@H]4C[C@H]5[C@H]3C(=O)O[C@H]5C4)cc2)c1. The number of aryl methyl sites for hydroxylation is 1. The quantitative estimate of drug-likeness (QED) is 0.707. The van der Waals surface area contributed by atoms with Crippen molar-refractivity contribution in [3.63, 3.8) is 0 Å². The number of carbonyl (C=O) groups excluding carboxylic acids is 2. The molecule has 30 heavy (non-hydrogen) atoms. The lowest BCUT2D eigenvalue weighted by Crippen LogP contribution is -2.35. The van der Waals surface area contributed by atoms with Gasteiger partial charge in [0.05, 0.1) is 11.8 Å². The molecule has 3 aliphatic rings. The highest BCUT2D eigenvalue weighted by Gasteiger charge is 2.63. The van der Waals surface area contributed by atoms with E-state index in [1.807, 2.05) is 37.3 Å². The van der Waals surface area contributed by atoms with Gasteiger partial charge in [-0.05, 0) is 73.1 Å². The number of esters is 1. The zero-order valence-electron chi connectivity index (χ0n) is 17.6. The van der Waals surface area contributed by atoms with Gasteiger partial charge in [-0.1, -0.05) is 26.0 Å². The summed E-state index contributed by atoms with van der Waals surface area (Å²) < 4.78 is 11.6. The summed E-state index contributed by atoms with van der Waals surface area (Å²) in [5.74, 6) is 1.66. The van der Waals surface area contributed by atoms with Crippen molar-refractivity contribution >= 4 is 17.6 Å². The van der Waals surface area contributed by atoms with Crippen molar-refractivity contribution in [2.75, 3.05) is 5.32 Å². The van der Waals surface area contributed by atoms with Gasteiger partial charge < -0.3 is 14.8 Å². The molecule has 5 rings (SSSR count). The lowest BCUT2D eigenvalue weighted by atomic mass is 9.79. The largest absolute Gasteiger partial charge is 0.462 e. The number of benzene rings is 2. The van der Waals surface area contributed by atoms with Crippen molar-refractivity contribution < 1.29 is 19.1 Å². The van der Waals surface area contributed by atoms with Crippen LogP contribution in [0.3, 0.4) is 0 Å². The molecule has 156 valence electrons. The third kappa shape index (κ3) is 3.17. The van der Waals surface area contributed by atoms with Crippen LogP contribution in [0.15, 0.2) is 42.5 Å². The molecule has 3 fully saturated rings. The first-order valence-corrected chi connectivity index (χ1v) is 10.8. The van der Waals surface area contributed by atoms with Gasteiger partial charge in [0.2, 0.25) is 5.91 Å². The predicted octanol–water partition coefficient (Wildman–Crippen LogP) is 5.05. The lowest BCUT2D eigenvalue weighted by molar-refractivity contribution is -0.145. The van der Waals surface area contributed by atoms with Gasteiger partial charge in [-0.3, -0.25) is 9.59 Å². The lowest BCUT2D eigenvalue weighted by Gasteiger charge is -2.23. The van der Waals surface area contributed by atoms with Crippen molar-refractivity contribution in [2.24, 2.45) is 23.7 Å². The van der Waals surface area contributed by atoms with E-state index >= 15 is 0 Å². The first-order chi connectivity index (χ1) is 14.4. The zero-order chi connectivity index (χ0) is 21.0. The molecule has 0 spiro atoms. The van der Waals surface area contributed by atoms with E-state index in [2.05, 4.69) is 31.3 Å². The molecule has 2 aromatic carbocycles. The molecular formula is C25H27NO4. The van der Waals surface area contributed by atoms with E-state index in [4.69, 9.17) is 9.47 Å². The summed E-state index contributed by atoms with van der Waals surface area (Å²) in [4.78, 5) is 25.1. The van der Waals surface area contributed by atoms with Gasteiger partial charge in [0.25, 0.3) is 0 Å². The van der Waals surface area contributed by atoms with E-state index in [0.717, 1.165) is 35.5 Å². The third-order valence-corrected chi connectivity index (χ3v) is 6.93. The second-order valence-corrected chi connectivity index (χ2v) is 9.23. The van der Waals surface area contributed by atoms with E-state index in [1.165, 1.54) is 0 Å². The number of carbonyl (C=O) groups is 2. The van der Waals surface area contributed by atoms with Crippen molar-refractivity contribution in [3.05, 3.63) is 53.6 Å². The Kier molecular flexibility index (Phi) is 4.57. The number of hydrogen-bond donors (Lipinski definition) is 1. The van der Waals surface area contributed by atoms with Crippen molar-refractivity contribution in [2.45, 2.75) is 45.6 Å². The summed E-state index contributed by atoms with van der Waals surface area (Å²) in [7, 11) is 0. The topological polar surface area (TPSA) is 64.6 Å². The smallest absolute Gasteiger partial charge is 0.310 e. The molecule has 1 amide bonds. The van der Waals surface area contributed by atoms with Crippen LogP contribution in [0.4, 0.5) is 5.69 Å². The molecule has 5 heteroatoms. The number of anilines is 1. The number of amides is 1. The molecule has 2 aliphatic carbocycles. The number of ether oxygens (including phenoxy) is 2. The fraction of sp³-hybridized carbons (Fsp3) is 0.440. The zero-order valence-corrected chi connectivity index (χ0v) is 17.6. The van der Waals surface area contributed by atoms with Crippen LogP contribution in [0, 0.1) is 30.6 Å². The van der Waals surface area contributed by atoms with Gasteiger partial charge in [-0.2, -0.15) is 0 Å². The molecule has 5 nitrogen and oxygen atoms in total. The van der Waals surface area contributed by atoms with Crippen molar-refractivity contribution in [1.82, 2.24) is 0 Å². The van der Waals surface area contributed by atoms with E-state index in [9.17, 15) is 9.59 Å². The van der Waals surface area contributed by atoms with Crippen molar-refractivity contribution in [3.8, 4) is 11.5 Å². The van der Waals surface area contributed by atoms with E-state index in [-0.39, 0.29) is 41.7 Å². The summed E-state index contributed by atoms with van der Waals surface area (Å²) in [6.07, 6.45) is 1.80. The molecule has 1 aliphatic heterocycles. The van der Waals surface area contributed by atoms with Crippen LogP contribution >= 0.6 is 0 Å². The maximum absolute atomic E-state index is 12.9. The standard InChI is InChI=1S/C25H27NO4/c1-13(2)18-9-4-14(3)10-20(18)29-17-7-5-16(6-8-17)26-24(27)22-15-11-19-21(12-15)30-25(28)23(19)22/h4-10,13,15,19,21-23H,11-12H2,1-3H3,(H,26,27)/t15-,19+,21-,22+,23+/m0/s1. The maximum Gasteiger partial charge on any atom is 0.310 e. The summed E-state index contributed by atoms with van der Waals surface area (Å²) in [6, 6.07) is 13.7. The first-order valence-electron chi connectivity index (χ1n) is 10.8. The van der Waals surface area contributed by atoms with E-state index in [1.54, 1.807) is 0 Å². The minimum Gasteiger partial charge on any atom is -0.462 e. The minimum atomic E-state index is -0.266. The highest BCUT2D eigenvalue weighted by atomic mass is 16.6. The van der Waals surface area contributed by atoms with Gasteiger partial charge in [0, 0.05) is 11.6 Å². The molecule has 1 saturated heterocycles. The fourth-order valence-corrected chi connectivity index (χ4v) is 5.53. The Morgan fingerprint density at radius 2 is 1.90 bits per heavy atom. The highest BCUT2D eigenvalue weighted by molar-refractivity contribution is 5.97. The fourth-order valence-electron chi connectivity index (χ4n) is 5.53. The van der Waals surface area contributed by atoms with Gasteiger partial charge in [0.15, 0.2) is 0 Å². The van der Waals surface area contributed by atoms with Gasteiger partial charge in [0.1, 0.15) is 17.6 Å². The maximum atomic E-state index is 12.9. The van der Waals surface area contributed by atoms with E-state index < -0.39 is 0 Å². The number of nitrogens with one attached hydrogen (secondary N) is 1. The average Bonchev–Trinajstić information content (AvgIpc) is 3.32. The van der Waals surface area contributed by atoms with Crippen LogP contribution < -0.4 is 10.1 Å². The Balaban J connectivity index is 1.28. The van der Waals surface area contributed by atoms with Crippen LogP contribution in [-0.2, 0) is 14.3 Å². The minimum absolute atomic E-state index is 0.0466. The monoisotopic (exact) mass is 405 g/mol. The summed E-state index contributed by atoms with van der Waals surface area (Å²) >= 11 is 0. The summed E-state index contributed by atoms with van der Waals surface area (Å²) in [5, 5.41) is 3.00. The third-order valence-electron chi connectivity index (χ3n) is 6.93. The normalized spacial score (nSPS) is 28.7. The molecule has 1 heterocycles. The summed E-state index contributed by atoms with van der Waals surface area (Å²) in [6.45, 7) is 6.34. The van der Waals surface area contributed by atoms with Crippen molar-refractivity contribution in [1.29, 1.82) is 0 Å². The number of hydrogen-bond acceptors (Lipinski definition) is 4. The molecule has 0 radical (unpaired) electrons. The Bertz CT molecular complexity index is 995. The molecule has 2 bridgehead atoms. The molecule has 0 aromatic heterocycles. The van der Waals surface area contributed by atoms with Crippen LogP contribution in [0.5, 0.6) is 11.5 Å². The van der Waals surface area contributed by atoms with Crippen LogP contribution in [0.1, 0.15) is 43.7 Å². The van der Waals surface area contributed by atoms with Crippen LogP contribution in [0.2, 0.25) is 0 Å². The Hall–Kier alpha value is -2.82. The summed E-state index contributed by atoms with van der Waals surface area (Å²) in [5.41, 5.74) is 3.03. The van der Waals surface area contributed by atoms with Gasteiger partial charge >= 0.3 is 5.97 Å². The Morgan fingerprint density at radius 3 is 2.63 bits per heavy atom. The van der Waals surface area contributed by atoms with Gasteiger partial charge in [-0.15, -0.1) is 0 Å². The second-order valence-electron chi connectivity index (χ2n) is 9.23. The Labute approximate surface area is 176 Å². The molecule has 2 saturated carbocycles. The van der Waals surface area contributed by atoms with E-state index in [0.29, 0.717) is 11.6 Å². The highest BCUT2D eigenvalue weighted by Crippen LogP contribution is 2.57. The molecule has 2 aromatic rings.